The van der Waals surface area contributed by atoms with Crippen LogP contribution in [-0.2, 0) is 11.8 Å². The van der Waals surface area contributed by atoms with Crippen molar-refractivity contribution < 1.29 is 13.9 Å². The molecule has 1 unspecified atom stereocenters. The fourth-order valence-electron chi connectivity index (χ4n) is 1.80. The van der Waals surface area contributed by atoms with Gasteiger partial charge < -0.3 is 5.11 Å². The molecular weight excluding hydrogens is 280 g/mol. The van der Waals surface area contributed by atoms with Gasteiger partial charge in [0, 0.05) is 28.8 Å². The van der Waals surface area contributed by atoms with Gasteiger partial charge in [-0.15, -0.1) is 11.3 Å². The van der Waals surface area contributed by atoms with Gasteiger partial charge in [-0.05, 0) is 6.07 Å². The largest absolute Gasteiger partial charge is 0.388 e. The number of benzene rings is 1. The van der Waals surface area contributed by atoms with Crippen LogP contribution in [0.1, 0.15) is 43.1 Å². The minimum Gasteiger partial charge on any atom is -0.388 e. The summed E-state index contributed by atoms with van der Waals surface area (Å²) in [6, 6.07) is 3.19. The van der Waals surface area contributed by atoms with E-state index in [1.54, 1.807) is 0 Å². The number of aliphatic hydroxyl groups is 1. The third-order valence-electron chi connectivity index (χ3n) is 3.01. The van der Waals surface area contributed by atoms with Crippen molar-refractivity contribution in [1.82, 2.24) is 4.98 Å². The van der Waals surface area contributed by atoms with Crippen LogP contribution < -0.4 is 0 Å². The molecule has 0 radical (unpaired) electrons. The zero-order chi connectivity index (χ0) is 14.9. The highest BCUT2D eigenvalue weighted by Crippen LogP contribution is 2.27. The molecule has 1 aromatic heterocycles. The zero-order valence-corrected chi connectivity index (χ0v) is 12.5. The summed E-state index contributed by atoms with van der Waals surface area (Å²) >= 11 is 1.44. The molecule has 0 saturated carbocycles. The van der Waals surface area contributed by atoms with Crippen molar-refractivity contribution in [2.75, 3.05) is 0 Å². The first-order chi connectivity index (χ1) is 9.27. The molecule has 0 saturated heterocycles. The molecule has 1 aromatic carbocycles. The Labute approximate surface area is 121 Å². The van der Waals surface area contributed by atoms with E-state index in [1.165, 1.54) is 17.4 Å². The summed E-state index contributed by atoms with van der Waals surface area (Å²) in [7, 11) is 0. The topological polar surface area (TPSA) is 33.1 Å². The number of hydrogen-bond donors (Lipinski definition) is 1. The van der Waals surface area contributed by atoms with E-state index in [1.807, 2.05) is 5.38 Å². The summed E-state index contributed by atoms with van der Waals surface area (Å²) in [6.45, 7) is 6.17. The van der Waals surface area contributed by atoms with E-state index in [4.69, 9.17) is 0 Å². The minimum atomic E-state index is -1.02. The van der Waals surface area contributed by atoms with Gasteiger partial charge in [0.25, 0.3) is 0 Å². The maximum atomic E-state index is 13.6. The summed E-state index contributed by atoms with van der Waals surface area (Å²) in [6.07, 6.45) is -0.793. The van der Waals surface area contributed by atoms with Crippen LogP contribution in [0.25, 0.3) is 0 Å². The lowest BCUT2D eigenvalue weighted by Gasteiger charge is -2.14. The van der Waals surface area contributed by atoms with Crippen molar-refractivity contribution in [2.24, 2.45) is 0 Å². The van der Waals surface area contributed by atoms with Gasteiger partial charge in [-0.1, -0.05) is 26.8 Å². The molecule has 0 amide bonds. The maximum absolute atomic E-state index is 13.6. The maximum Gasteiger partial charge on any atom is 0.131 e. The van der Waals surface area contributed by atoms with Crippen molar-refractivity contribution in [3.05, 3.63) is 51.5 Å². The monoisotopic (exact) mass is 297 g/mol. The molecule has 1 atom stereocenters. The van der Waals surface area contributed by atoms with E-state index in [0.717, 1.165) is 22.8 Å². The van der Waals surface area contributed by atoms with E-state index >= 15 is 0 Å². The summed E-state index contributed by atoms with van der Waals surface area (Å²) in [5, 5.41) is 12.8. The third kappa shape index (κ3) is 3.41. The lowest BCUT2D eigenvalue weighted by atomic mass is 9.93. The van der Waals surface area contributed by atoms with E-state index in [0.29, 0.717) is 0 Å². The summed E-state index contributed by atoms with van der Waals surface area (Å²) in [5.41, 5.74) is 0.990. The van der Waals surface area contributed by atoms with Crippen LogP contribution in [0.2, 0.25) is 0 Å². The molecule has 2 rings (SSSR count). The number of halogens is 2. The Hall–Kier alpha value is -1.33. The highest BCUT2D eigenvalue weighted by molar-refractivity contribution is 7.09. The summed E-state index contributed by atoms with van der Waals surface area (Å²) in [4.78, 5) is 4.46. The normalized spacial score (nSPS) is 13.5. The van der Waals surface area contributed by atoms with E-state index in [9.17, 15) is 13.9 Å². The van der Waals surface area contributed by atoms with Gasteiger partial charge in [-0.2, -0.15) is 0 Å². The van der Waals surface area contributed by atoms with Crippen molar-refractivity contribution in [2.45, 2.75) is 38.7 Å². The van der Waals surface area contributed by atoms with Gasteiger partial charge in [-0.25, -0.2) is 13.8 Å². The molecule has 2 nitrogen and oxygen atoms in total. The average Bonchev–Trinajstić information content (AvgIpc) is 2.76. The average molecular weight is 297 g/mol. The predicted molar refractivity (Wildman–Crippen MR) is 75.8 cm³/mol. The highest BCUT2D eigenvalue weighted by Gasteiger charge is 2.20. The van der Waals surface area contributed by atoms with Crippen LogP contribution in [0, 0.1) is 11.6 Å². The molecule has 20 heavy (non-hydrogen) atoms. The van der Waals surface area contributed by atoms with Gasteiger partial charge >= 0.3 is 0 Å². The third-order valence-corrected chi connectivity index (χ3v) is 3.88. The summed E-state index contributed by atoms with van der Waals surface area (Å²) < 4.78 is 26.4. The van der Waals surface area contributed by atoms with E-state index in [2.05, 4.69) is 25.8 Å². The number of nitrogens with zero attached hydrogens (tertiary/aromatic N) is 1. The van der Waals surface area contributed by atoms with E-state index in [-0.39, 0.29) is 17.4 Å². The lowest BCUT2D eigenvalue weighted by molar-refractivity contribution is 0.173. The van der Waals surface area contributed by atoms with Gasteiger partial charge in [0.1, 0.15) is 11.6 Å². The first-order valence-corrected chi connectivity index (χ1v) is 7.23. The van der Waals surface area contributed by atoms with Crippen molar-refractivity contribution >= 4 is 11.3 Å². The highest BCUT2D eigenvalue weighted by atomic mass is 32.1. The van der Waals surface area contributed by atoms with Crippen LogP contribution in [0.4, 0.5) is 8.78 Å². The Kier molecular flexibility index (Phi) is 4.20. The Bertz CT molecular complexity index is 604. The number of thiazole rings is 1. The molecule has 0 bridgehead atoms. The number of aromatic nitrogens is 1. The second kappa shape index (κ2) is 5.58. The Morgan fingerprint density at radius 2 is 2.00 bits per heavy atom. The van der Waals surface area contributed by atoms with Crippen LogP contribution in [0.15, 0.2) is 23.6 Å². The van der Waals surface area contributed by atoms with Crippen LogP contribution in [0.5, 0.6) is 0 Å². The second-order valence-corrected chi connectivity index (χ2v) is 6.70. The number of aliphatic hydroxyl groups excluding tert-OH is 1. The summed E-state index contributed by atoms with van der Waals surface area (Å²) in [5.74, 6) is -1.38. The molecule has 2 aromatic rings. The minimum absolute atomic E-state index is 0.0547. The molecule has 0 aliphatic rings. The van der Waals surface area contributed by atoms with Gasteiger partial charge in [0.2, 0.25) is 0 Å². The lowest BCUT2D eigenvalue weighted by Crippen LogP contribution is -2.12. The number of hydrogen-bond acceptors (Lipinski definition) is 3. The van der Waals surface area contributed by atoms with Gasteiger partial charge in [0.05, 0.1) is 16.8 Å². The van der Waals surface area contributed by atoms with Gasteiger partial charge in [-0.3, -0.25) is 0 Å². The fourth-order valence-corrected chi connectivity index (χ4v) is 2.86. The number of rotatable bonds is 3. The molecular formula is C15H17F2NOS. The first-order valence-electron chi connectivity index (χ1n) is 6.35. The second-order valence-electron chi connectivity index (χ2n) is 5.76. The SMILES string of the molecule is CC(C)(C)c1csc(CC(O)c2ccc(F)cc2F)n1. The zero-order valence-electron chi connectivity index (χ0n) is 11.7. The van der Waals surface area contributed by atoms with Crippen molar-refractivity contribution in [3.8, 4) is 0 Å². The molecule has 1 N–H and O–H groups in total. The quantitative estimate of drug-likeness (QED) is 0.929. The van der Waals surface area contributed by atoms with Crippen molar-refractivity contribution in [3.63, 3.8) is 0 Å². The smallest absolute Gasteiger partial charge is 0.131 e. The van der Waals surface area contributed by atoms with Crippen molar-refractivity contribution in [1.29, 1.82) is 0 Å². The predicted octanol–water partition coefficient (Wildman–Crippen LogP) is 3.99. The van der Waals surface area contributed by atoms with Crippen LogP contribution in [0.3, 0.4) is 0 Å². The van der Waals surface area contributed by atoms with Crippen LogP contribution >= 0.6 is 11.3 Å². The first kappa shape index (κ1) is 15.1. The molecule has 5 heteroatoms. The molecule has 0 fully saturated rings. The van der Waals surface area contributed by atoms with Gasteiger partial charge in [0.15, 0.2) is 0 Å². The molecule has 0 spiro atoms. The fraction of sp³-hybridized carbons (Fsp3) is 0.400. The van der Waals surface area contributed by atoms with Crippen LogP contribution in [-0.4, -0.2) is 10.1 Å². The molecule has 0 aliphatic carbocycles. The molecule has 1 heterocycles. The Morgan fingerprint density at radius 1 is 1.30 bits per heavy atom. The Balaban J connectivity index is 2.15. The standard InChI is InChI=1S/C15H17F2NOS/c1-15(2,3)13-8-20-14(18-13)7-12(19)10-5-4-9(16)6-11(10)17/h4-6,8,12,19H,7H2,1-3H3. The molecule has 0 aliphatic heterocycles. The Morgan fingerprint density at radius 3 is 2.55 bits per heavy atom. The van der Waals surface area contributed by atoms with E-state index < -0.39 is 17.7 Å². The molecule has 108 valence electrons.